The first-order chi connectivity index (χ1) is 20.8. The zero-order valence-electron chi connectivity index (χ0n) is 26.9. The number of carbonyl (C=O) groups excluding carboxylic acids is 3. The van der Waals surface area contributed by atoms with Gasteiger partial charge in [0.2, 0.25) is 5.91 Å². The second kappa shape index (κ2) is 13.8. The van der Waals surface area contributed by atoms with Gasteiger partial charge in [0, 0.05) is 32.0 Å². The number of nitrogens with one attached hydrogen (secondary N) is 1. The van der Waals surface area contributed by atoms with E-state index in [2.05, 4.69) is 39.2 Å². The van der Waals surface area contributed by atoms with Crippen LogP contribution in [-0.4, -0.2) is 45.7 Å². The van der Waals surface area contributed by atoms with Crippen LogP contribution in [0.4, 0.5) is 5.69 Å². The van der Waals surface area contributed by atoms with E-state index in [1.807, 2.05) is 42.5 Å². The summed E-state index contributed by atoms with van der Waals surface area (Å²) >= 11 is 0. The summed E-state index contributed by atoms with van der Waals surface area (Å²) in [6.07, 6.45) is 0.561. The van der Waals surface area contributed by atoms with E-state index >= 15 is 0 Å². The Labute approximate surface area is 261 Å². The molecule has 0 unspecified atom stereocenters. The van der Waals surface area contributed by atoms with Crippen LogP contribution in [0.2, 0.25) is 18.1 Å². The molecule has 1 heterocycles. The van der Waals surface area contributed by atoms with Gasteiger partial charge in [-0.25, -0.2) is 0 Å². The summed E-state index contributed by atoms with van der Waals surface area (Å²) in [4.78, 5) is 40.3. The van der Waals surface area contributed by atoms with Crippen molar-refractivity contribution in [1.82, 2.24) is 5.32 Å². The Hall–Kier alpha value is -3.95. The van der Waals surface area contributed by atoms with Gasteiger partial charge in [-0.15, -0.1) is 0 Å². The molecular weight excluding hydrogens is 572 g/mol. The summed E-state index contributed by atoms with van der Waals surface area (Å²) in [6.45, 7) is 13.4. The molecule has 0 fully saturated rings. The number of benzene rings is 3. The molecule has 0 saturated carbocycles. The van der Waals surface area contributed by atoms with Crippen molar-refractivity contribution < 1.29 is 28.3 Å². The maximum Gasteiger partial charge on any atom is 0.323 e. The number of fused-ring (bicyclic) bond motifs is 1. The minimum atomic E-state index is -2.28. The number of Topliss-reactive ketones (excluding diaryl/α,β-unsaturated/α-hetero) is 1. The lowest BCUT2D eigenvalue weighted by Crippen LogP contribution is -2.45. The van der Waals surface area contributed by atoms with Crippen molar-refractivity contribution in [1.29, 1.82) is 0 Å². The number of amides is 1. The van der Waals surface area contributed by atoms with E-state index in [0.717, 1.165) is 16.7 Å². The van der Waals surface area contributed by atoms with E-state index < -0.39 is 14.4 Å². The van der Waals surface area contributed by atoms with Crippen LogP contribution in [0, 0.1) is 0 Å². The fourth-order valence-electron chi connectivity index (χ4n) is 4.85. The predicted molar refractivity (Wildman–Crippen MR) is 175 cm³/mol. The van der Waals surface area contributed by atoms with Gasteiger partial charge in [0.15, 0.2) is 5.78 Å². The number of anilines is 1. The van der Waals surface area contributed by atoms with Crippen LogP contribution in [0.15, 0.2) is 66.7 Å². The number of carbonyl (C=O) groups is 3. The van der Waals surface area contributed by atoms with Gasteiger partial charge in [-0.05, 0) is 77.6 Å². The average molecular weight is 617 g/mol. The molecule has 234 valence electrons. The summed E-state index contributed by atoms with van der Waals surface area (Å²) in [5, 5.41) is 3.18. The Bertz CT molecular complexity index is 1480. The van der Waals surface area contributed by atoms with Crippen molar-refractivity contribution in [2.24, 2.45) is 0 Å². The van der Waals surface area contributed by atoms with Crippen LogP contribution < -0.4 is 19.4 Å². The second-order valence-electron chi connectivity index (χ2n) is 12.8. The fraction of sp³-hybridized carbons (Fsp3) is 0.400. The Kier molecular flexibility index (Phi) is 10.3. The van der Waals surface area contributed by atoms with Crippen molar-refractivity contribution in [2.45, 2.75) is 77.9 Å². The van der Waals surface area contributed by atoms with Crippen LogP contribution in [0.3, 0.4) is 0 Å². The molecule has 1 aliphatic rings. The molecule has 0 radical (unpaired) electrons. The number of methoxy groups -OCH3 is 1. The van der Waals surface area contributed by atoms with Crippen molar-refractivity contribution in [3.05, 3.63) is 89.0 Å². The molecule has 1 atom stereocenters. The molecule has 3 aromatic carbocycles. The maximum atomic E-state index is 13.3. The van der Waals surface area contributed by atoms with Crippen molar-refractivity contribution in [2.75, 3.05) is 18.6 Å². The number of nitrogens with zero attached hydrogens (tertiary/aromatic N) is 1. The third-order valence-corrected chi connectivity index (χ3v) is 12.9. The van der Waals surface area contributed by atoms with Gasteiger partial charge in [-0.2, -0.15) is 0 Å². The zero-order valence-corrected chi connectivity index (χ0v) is 27.9. The van der Waals surface area contributed by atoms with E-state index in [0.29, 0.717) is 42.3 Å². The molecule has 1 aliphatic heterocycles. The molecule has 0 aliphatic carbocycles. The van der Waals surface area contributed by atoms with Crippen LogP contribution >= 0.6 is 0 Å². The highest BCUT2D eigenvalue weighted by Crippen LogP contribution is 2.42. The van der Waals surface area contributed by atoms with Gasteiger partial charge < -0.3 is 24.1 Å². The molecule has 8 nitrogen and oxygen atoms in total. The van der Waals surface area contributed by atoms with Crippen LogP contribution in [0.1, 0.15) is 61.2 Å². The zero-order chi connectivity index (χ0) is 32.1. The van der Waals surface area contributed by atoms with Gasteiger partial charge in [0.1, 0.15) is 24.1 Å². The highest BCUT2D eigenvalue weighted by atomic mass is 28.4. The molecule has 1 amide bonds. The maximum absolute atomic E-state index is 13.3. The quantitative estimate of drug-likeness (QED) is 0.150. The molecule has 1 N–H and O–H groups in total. The Morgan fingerprint density at radius 3 is 2.27 bits per heavy atom. The lowest BCUT2D eigenvalue weighted by Gasteiger charge is -2.38. The number of hydrogen-bond donors (Lipinski definition) is 1. The lowest BCUT2D eigenvalue weighted by atomic mass is 9.94. The van der Waals surface area contributed by atoms with E-state index in [-0.39, 0.29) is 35.7 Å². The minimum Gasteiger partial charge on any atom is -0.542 e. The van der Waals surface area contributed by atoms with E-state index in [4.69, 9.17) is 13.9 Å². The molecule has 0 spiro atoms. The average Bonchev–Trinajstić information content (AvgIpc) is 2.99. The largest absolute Gasteiger partial charge is 0.542 e. The number of ketones is 1. The van der Waals surface area contributed by atoms with Gasteiger partial charge in [-0.3, -0.25) is 14.4 Å². The van der Waals surface area contributed by atoms with Crippen LogP contribution in [0.25, 0.3) is 0 Å². The van der Waals surface area contributed by atoms with Gasteiger partial charge in [-0.1, -0.05) is 51.1 Å². The number of ether oxygens (including phenoxy) is 2. The highest BCUT2D eigenvalue weighted by molar-refractivity contribution is 6.74. The topological polar surface area (TPSA) is 94.2 Å². The molecule has 3 aromatic rings. The summed E-state index contributed by atoms with van der Waals surface area (Å²) in [5.74, 6) is 0.698. The highest BCUT2D eigenvalue weighted by Gasteiger charge is 2.40. The fourth-order valence-corrected chi connectivity index (χ4v) is 5.87. The first-order valence-electron chi connectivity index (χ1n) is 15.0. The summed E-state index contributed by atoms with van der Waals surface area (Å²) in [5.41, 5.74) is 4.19. The van der Waals surface area contributed by atoms with Crippen LogP contribution in [-0.2, 0) is 33.9 Å². The van der Waals surface area contributed by atoms with E-state index in [1.165, 1.54) is 14.0 Å². The molecule has 44 heavy (non-hydrogen) atoms. The molecule has 0 saturated heterocycles. The van der Waals surface area contributed by atoms with Gasteiger partial charge in [0.05, 0.1) is 12.8 Å². The second-order valence-corrected chi connectivity index (χ2v) is 17.5. The lowest BCUT2D eigenvalue weighted by molar-refractivity contribution is -0.143. The van der Waals surface area contributed by atoms with Crippen molar-refractivity contribution >= 4 is 31.7 Å². The van der Waals surface area contributed by atoms with E-state index in [1.54, 1.807) is 29.2 Å². The summed E-state index contributed by atoms with van der Waals surface area (Å²) in [7, 11) is -0.907. The van der Waals surface area contributed by atoms with E-state index in [9.17, 15) is 14.4 Å². The first-order valence-corrected chi connectivity index (χ1v) is 17.9. The normalized spacial score (nSPS) is 14.8. The third kappa shape index (κ3) is 7.95. The summed E-state index contributed by atoms with van der Waals surface area (Å²) < 4.78 is 17.6. The Morgan fingerprint density at radius 2 is 1.66 bits per heavy atom. The Morgan fingerprint density at radius 1 is 0.977 bits per heavy atom. The smallest absolute Gasteiger partial charge is 0.323 e. The molecule has 9 heteroatoms. The SMILES string of the molecule is COC(=O)[C@@H]1Cc2cc(N(CCC(=O)c3ccc(OCc4ccccc4)cc3)C(C)=O)c(O[Si](C)(C)C(C)(C)C)cc2CN1. The Balaban J connectivity index is 1.55. The van der Waals surface area contributed by atoms with Crippen molar-refractivity contribution in [3.63, 3.8) is 0 Å². The minimum absolute atomic E-state index is 0.0671. The number of esters is 1. The third-order valence-electron chi connectivity index (χ3n) is 8.56. The number of hydrogen-bond acceptors (Lipinski definition) is 7. The molecule has 4 rings (SSSR count). The van der Waals surface area contributed by atoms with Crippen LogP contribution in [0.5, 0.6) is 11.5 Å². The molecular formula is C35H44N2O6Si. The number of rotatable bonds is 11. The predicted octanol–water partition coefficient (Wildman–Crippen LogP) is 6.46. The first kappa shape index (κ1) is 33.0. The summed E-state index contributed by atoms with van der Waals surface area (Å²) in [6, 6.07) is 20.4. The van der Waals surface area contributed by atoms with Gasteiger partial charge in [0.25, 0.3) is 8.32 Å². The molecule has 0 aromatic heterocycles. The molecule has 0 bridgehead atoms. The van der Waals surface area contributed by atoms with Gasteiger partial charge >= 0.3 is 5.97 Å². The standard InChI is InChI=1S/C35H44N2O6Si/c1-24(38)37(18-17-32(39)26-13-15-29(16-14-26)42-23-25-11-9-8-10-12-25)31-20-27-19-30(34(40)41-5)36-22-28(27)21-33(31)43-44(6,7)35(2,3)4/h8-16,20-21,30,36H,17-19,22-23H2,1-7H3/t30-/m0/s1. The monoisotopic (exact) mass is 616 g/mol. The van der Waals surface area contributed by atoms with Crippen molar-refractivity contribution in [3.8, 4) is 11.5 Å².